The highest BCUT2D eigenvalue weighted by Gasteiger charge is 2.59. The average Bonchev–Trinajstić information content (AvgIpc) is 3.25. The van der Waals surface area contributed by atoms with Gasteiger partial charge in [0.1, 0.15) is 11.7 Å². The third-order valence-corrected chi connectivity index (χ3v) is 5.53. The molecule has 1 aliphatic heterocycles. The highest BCUT2D eigenvalue weighted by Crippen LogP contribution is 2.46. The number of amides is 1. The maximum Gasteiger partial charge on any atom is 0.244 e. The minimum Gasteiger partial charge on any atom is -0.321 e. The van der Waals surface area contributed by atoms with Crippen LogP contribution in [0.2, 0.25) is 0 Å². The Morgan fingerprint density at radius 1 is 1.38 bits per heavy atom. The van der Waals surface area contributed by atoms with Crippen molar-refractivity contribution in [3.8, 4) is 0 Å². The van der Waals surface area contributed by atoms with Crippen molar-refractivity contribution in [2.24, 2.45) is 5.92 Å². The molecule has 1 aromatic rings. The van der Waals surface area contributed by atoms with E-state index in [9.17, 15) is 4.79 Å². The molecule has 1 saturated heterocycles. The average molecular weight is 304 g/mol. The van der Waals surface area contributed by atoms with Gasteiger partial charge in [-0.2, -0.15) is 0 Å². The van der Waals surface area contributed by atoms with Crippen LogP contribution in [0.15, 0.2) is 29.2 Å². The smallest absolute Gasteiger partial charge is 0.244 e. The Bertz CT molecular complexity index is 524. The van der Waals surface area contributed by atoms with Crippen molar-refractivity contribution in [2.75, 3.05) is 12.8 Å². The first-order chi connectivity index (χ1) is 10.1. The Morgan fingerprint density at radius 2 is 2.05 bits per heavy atom. The predicted octanol–water partition coefficient (Wildman–Crippen LogP) is 3.42. The van der Waals surface area contributed by atoms with E-state index in [2.05, 4.69) is 54.6 Å². The molecule has 1 aromatic carbocycles. The molecule has 1 amide bonds. The number of rotatable bonds is 5. The molecule has 2 unspecified atom stereocenters. The fraction of sp³-hybridized carbons (Fsp3) is 0.588. The number of hydrogen-bond donors (Lipinski definition) is 1. The molecule has 1 heterocycles. The fourth-order valence-corrected chi connectivity index (χ4v) is 3.39. The van der Waals surface area contributed by atoms with E-state index >= 15 is 0 Å². The quantitative estimate of drug-likeness (QED) is 0.846. The number of carbonyl (C=O) groups excluding carboxylic acids is 1. The summed E-state index contributed by atoms with van der Waals surface area (Å²) >= 11 is 1.75. The van der Waals surface area contributed by atoms with Gasteiger partial charge in [0, 0.05) is 11.4 Å². The minimum absolute atomic E-state index is 0.0462. The second kappa shape index (κ2) is 5.65. The molecule has 2 atom stereocenters. The van der Waals surface area contributed by atoms with Gasteiger partial charge in [0.2, 0.25) is 5.91 Å². The summed E-state index contributed by atoms with van der Waals surface area (Å²) in [5, 5.41) is 3.59. The van der Waals surface area contributed by atoms with Gasteiger partial charge in [0.05, 0.1) is 0 Å². The summed E-state index contributed by atoms with van der Waals surface area (Å²) in [5.41, 5.74) is 0.962. The molecule has 3 nitrogen and oxygen atoms in total. The Kier molecular flexibility index (Phi) is 4.02. The number of nitrogens with zero attached hydrogens (tertiary/aromatic N) is 1. The first kappa shape index (κ1) is 14.9. The van der Waals surface area contributed by atoms with Crippen molar-refractivity contribution in [2.45, 2.75) is 49.7 Å². The van der Waals surface area contributed by atoms with Gasteiger partial charge >= 0.3 is 0 Å². The third kappa shape index (κ3) is 2.71. The van der Waals surface area contributed by atoms with Gasteiger partial charge in [-0.1, -0.05) is 32.4 Å². The number of hydrogen-bond acceptors (Lipinski definition) is 3. The van der Waals surface area contributed by atoms with Gasteiger partial charge in [0.15, 0.2) is 0 Å². The van der Waals surface area contributed by atoms with Crippen LogP contribution >= 0.6 is 11.8 Å². The molecule has 1 spiro atoms. The molecule has 0 bridgehead atoms. The molecule has 21 heavy (non-hydrogen) atoms. The lowest BCUT2D eigenvalue weighted by Crippen LogP contribution is -2.35. The summed E-state index contributed by atoms with van der Waals surface area (Å²) in [4.78, 5) is 16.0. The van der Waals surface area contributed by atoms with Crippen molar-refractivity contribution in [3.63, 3.8) is 0 Å². The zero-order chi connectivity index (χ0) is 15.0. The summed E-state index contributed by atoms with van der Waals surface area (Å²) in [5.74, 6) is 0.847. The van der Waals surface area contributed by atoms with Crippen LogP contribution in [0.25, 0.3) is 0 Å². The summed E-state index contributed by atoms with van der Waals surface area (Å²) < 4.78 is 0. The van der Waals surface area contributed by atoms with Gasteiger partial charge in [0.25, 0.3) is 0 Å². The zero-order valence-electron chi connectivity index (χ0n) is 13.1. The van der Waals surface area contributed by atoms with Crippen molar-refractivity contribution >= 4 is 17.7 Å². The second-order valence-corrected chi connectivity index (χ2v) is 7.25. The summed E-state index contributed by atoms with van der Waals surface area (Å²) in [7, 11) is 0. The molecular formula is C17H24N2OS. The van der Waals surface area contributed by atoms with Crippen LogP contribution in [-0.4, -0.2) is 29.1 Å². The molecule has 1 N–H and O–H groups in total. The molecule has 0 radical (unpaired) electrons. The zero-order valence-corrected chi connectivity index (χ0v) is 13.9. The Balaban J connectivity index is 1.85. The van der Waals surface area contributed by atoms with Gasteiger partial charge in [-0.25, -0.2) is 0 Å². The first-order valence-electron chi connectivity index (χ1n) is 7.82. The van der Waals surface area contributed by atoms with Crippen LogP contribution in [0.4, 0.5) is 0 Å². The third-order valence-electron chi connectivity index (χ3n) is 4.78. The normalized spacial score (nSPS) is 24.6. The van der Waals surface area contributed by atoms with E-state index in [1.807, 2.05) is 0 Å². The molecule has 2 aliphatic rings. The van der Waals surface area contributed by atoms with E-state index in [0.29, 0.717) is 11.8 Å². The topological polar surface area (TPSA) is 32.3 Å². The molecule has 4 heteroatoms. The Labute approximate surface area is 131 Å². The predicted molar refractivity (Wildman–Crippen MR) is 87.2 cm³/mol. The standard InChI is InChI=1S/C17H24N2OS/c1-4-12(2)11-19-15(18-17(9-10-17)16(19)20)13-5-7-14(21-3)8-6-13/h5-8,12,15,18H,4,9-11H2,1-3H3. The number of thioether (sulfide) groups is 1. The molecule has 1 saturated carbocycles. The van der Waals surface area contributed by atoms with Crippen molar-refractivity contribution in [1.82, 2.24) is 10.2 Å². The highest BCUT2D eigenvalue weighted by molar-refractivity contribution is 7.98. The first-order valence-corrected chi connectivity index (χ1v) is 9.05. The van der Waals surface area contributed by atoms with Crippen LogP contribution < -0.4 is 5.32 Å². The van der Waals surface area contributed by atoms with Gasteiger partial charge in [-0.3, -0.25) is 10.1 Å². The SMILES string of the molecule is CCC(C)CN1C(=O)C2(CC2)NC1c1ccc(SC)cc1. The second-order valence-electron chi connectivity index (χ2n) is 6.37. The largest absolute Gasteiger partial charge is 0.321 e. The molecule has 0 aromatic heterocycles. The Hall–Kier alpha value is -1.00. The van der Waals surface area contributed by atoms with Crippen LogP contribution in [-0.2, 0) is 4.79 Å². The van der Waals surface area contributed by atoms with Crippen molar-refractivity contribution in [3.05, 3.63) is 29.8 Å². The molecule has 3 rings (SSSR count). The lowest BCUT2D eigenvalue weighted by molar-refractivity contribution is -0.131. The summed E-state index contributed by atoms with van der Waals surface area (Å²) in [6.07, 6.45) is 5.21. The van der Waals surface area contributed by atoms with Crippen molar-refractivity contribution < 1.29 is 4.79 Å². The Morgan fingerprint density at radius 3 is 2.57 bits per heavy atom. The van der Waals surface area contributed by atoms with Crippen LogP contribution in [0.3, 0.4) is 0 Å². The van der Waals surface area contributed by atoms with Crippen molar-refractivity contribution in [1.29, 1.82) is 0 Å². The maximum atomic E-state index is 12.7. The van der Waals surface area contributed by atoms with E-state index in [4.69, 9.17) is 0 Å². The van der Waals surface area contributed by atoms with Gasteiger partial charge in [-0.05, 0) is 42.7 Å². The molecule has 1 aliphatic carbocycles. The summed E-state index contributed by atoms with van der Waals surface area (Å²) in [6, 6.07) is 8.60. The maximum absolute atomic E-state index is 12.7. The van der Waals surface area contributed by atoms with E-state index < -0.39 is 0 Å². The minimum atomic E-state index is -0.240. The summed E-state index contributed by atoms with van der Waals surface area (Å²) in [6.45, 7) is 5.26. The molecule has 114 valence electrons. The lowest BCUT2D eigenvalue weighted by atomic mass is 10.1. The van der Waals surface area contributed by atoms with E-state index in [-0.39, 0.29) is 11.7 Å². The van der Waals surface area contributed by atoms with E-state index in [0.717, 1.165) is 25.8 Å². The number of nitrogens with one attached hydrogen (secondary N) is 1. The van der Waals surface area contributed by atoms with Gasteiger partial charge < -0.3 is 4.90 Å². The van der Waals surface area contributed by atoms with E-state index in [1.165, 1.54) is 10.5 Å². The monoisotopic (exact) mass is 304 g/mol. The van der Waals surface area contributed by atoms with Crippen LogP contribution in [0.5, 0.6) is 0 Å². The van der Waals surface area contributed by atoms with Crippen LogP contribution in [0.1, 0.15) is 44.8 Å². The fourth-order valence-electron chi connectivity index (χ4n) is 2.98. The number of benzene rings is 1. The lowest BCUT2D eigenvalue weighted by Gasteiger charge is -2.27. The molecule has 2 fully saturated rings. The number of carbonyl (C=O) groups is 1. The van der Waals surface area contributed by atoms with E-state index in [1.54, 1.807) is 11.8 Å². The van der Waals surface area contributed by atoms with Gasteiger partial charge in [-0.15, -0.1) is 11.8 Å². The molecular weight excluding hydrogens is 280 g/mol. The van der Waals surface area contributed by atoms with Crippen LogP contribution in [0, 0.1) is 5.92 Å². The highest BCUT2D eigenvalue weighted by atomic mass is 32.2.